The average molecular weight is 252 g/mol. The van der Waals surface area contributed by atoms with E-state index in [2.05, 4.69) is 14.7 Å². The third-order valence-electron chi connectivity index (χ3n) is 1.64. The van der Waals surface area contributed by atoms with E-state index in [1.807, 2.05) is 0 Å². The van der Waals surface area contributed by atoms with Crippen LogP contribution in [-0.2, 0) is 22.7 Å². The second kappa shape index (κ2) is 5.78. The highest BCUT2D eigenvalue weighted by Crippen LogP contribution is 2.14. The summed E-state index contributed by atoms with van der Waals surface area (Å²) in [6.45, 7) is -1.69. The molecule has 0 atom stereocenters. The molecule has 96 valence electrons. The van der Waals surface area contributed by atoms with E-state index in [-0.39, 0.29) is 12.4 Å². The zero-order valence-electron chi connectivity index (χ0n) is 9.00. The molecule has 0 radical (unpaired) electrons. The Morgan fingerprint density at radius 3 is 2.71 bits per heavy atom. The Morgan fingerprint density at radius 2 is 2.12 bits per heavy atom. The maximum absolute atomic E-state index is 11.8. The number of hydrogen-bond acceptors (Lipinski definition) is 4. The molecule has 5 nitrogen and oxygen atoms in total. The van der Waals surface area contributed by atoms with E-state index in [1.54, 1.807) is 0 Å². The van der Waals surface area contributed by atoms with E-state index in [0.717, 1.165) is 0 Å². The Hall–Kier alpha value is -1.41. The van der Waals surface area contributed by atoms with Crippen LogP contribution in [0.3, 0.4) is 0 Å². The van der Waals surface area contributed by atoms with Crippen LogP contribution in [0.5, 0.6) is 0 Å². The third kappa shape index (κ3) is 5.45. The number of aromatic amines is 1. The van der Waals surface area contributed by atoms with Crippen molar-refractivity contribution in [1.82, 2.24) is 9.97 Å². The van der Waals surface area contributed by atoms with Gasteiger partial charge in [-0.05, 0) is 0 Å². The number of nitrogens with one attached hydrogen (secondary N) is 1. The molecule has 0 aliphatic carbocycles. The van der Waals surface area contributed by atoms with E-state index in [4.69, 9.17) is 4.74 Å². The monoisotopic (exact) mass is 252 g/mol. The van der Waals surface area contributed by atoms with Crippen LogP contribution in [0.25, 0.3) is 0 Å². The molecule has 0 aromatic carbocycles. The topological polar surface area (TPSA) is 64.2 Å². The minimum Gasteiger partial charge on any atom is -0.378 e. The van der Waals surface area contributed by atoms with Crippen molar-refractivity contribution in [2.24, 2.45) is 0 Å². The van der Waals surface area contributed by atoms with Gasteiger partial charge in [0, 0.05) is 13.2 Å². The quantitative estimate of drug-likeness (QED) is 0.848. The van der Waals surface area contributed by atoms with Crippen LogP contribution >= 0.6 is 0 Å². The second-order valence-electron chi connectivity index (χ2n) is 3.22. The lowest BCUT2D eigenvalue weighted by Crippen LogP contribution is -2.19. The summed E-state index contributed by atoms with van der Waals surface area (Å²) in [6, 6.07) is 1.21. The predicted octanol–water partition coefficient (Wildman–Crippen LogP) is 0.995. The minimum absolute atomic E-state index is 0.0359. The summed E-state index contributed by atoms with van der Waals surface area (Å²) < 4.78 is 44.5. The number of hydrogen-bond donors (Lipinski definition) is 1. The van der Waals surface area contributed by atoms with Crippen molar-refractivity contribution in [3.8, 4) is 0 Å². The largest absolute Gasteiger partial charge is 0.411 e. The van der Waals surface area contributed by atoms with E-state index < -0.39 is 24.9 Å². The SMILES string of the molecule is COCc1cc(=O)[nH]c(COCC(F)(F)F)n1. The summed E-state index contributed by atoms with van der Waals surface area (Å²) in [6.07, 6.45) is -4.40. The van der Waals surface area contributed by atoms with Gasteiger partial charge in [0.25, 0.3) is 5.56 Å². The minimum atomic E-state index is -4.40. The van der Waals surface area contributed by atoms with Gasteiger partial charge in [-0.15, -0.1) is 0 Å². The smallest absolute Gasteiger partial charge is 0.378 e. The van der Waals surface area contributed by atoms with E-state index in [9.17, 15) is 18.0 Å². The fourth-order valence-electron chi connectivity index (χ4n) is 1.12. The van der Waals surface area contributed by atoms with Crippen molar-refractivity contribution < 1.29 is 22.6 Å². The molecule has 0 fully saturated rings. The van der Waals surface area contributed by atoms with Crippen molar-refractivity contribution >= 4 is 0 Å². The molecule has 1 aromatic heterocycles. The first-order valence-electron chi connectivity index (χ1n) is 4.63. The molecule has 1 rings (SSSR count). The summed E-state index contributed by atoms with van der Waals surface area (Å²) >= 11 is 0. The third-order valence-corrected chi connectivity index (χ3v) is 1.64. The first-order chi connectivity index (χ1) is 7.90. The van der Waals surface area contributed by atoms with Gasteiger partial charge in [0.15, 0.2) is 0 Å². The number of H-pyrrole nitrogens is 1. The highest BCUT2D eigenvalue weighted by atomic mass is 19.4. The summed E-state index contributed by atoms with van der Waals surface area (Å²) in [5.74, 6) is 0.0359. The van der Waals surface area contributed by atoms with Gasteiger partial charge in [0.1, 0.15) is 19.0 Å². The van der Waals surface area contributed by atoms with Crippen LogP contribution < -0.4 is 5.56 Å². The van der Waals surface area contributed by atoms with Crippen LogP contribution in [0.15, 0.2) is 10.9 Å². The molecule has 0 bridgehead atoms. The van der Waals surface area contributed by atoms with E-state index in [1.165, 1.54) is 13.2 Å². The zero-order valence-corrected chi connectivity index (χ0v) is 9.00. The lowest BCUT2D eigenvalue weighted by molar-refractivity contribution is -0.177. The molecule has 1 heterocycles. The maximum atomic E-state index is 11.8. The molecule has 0 aliphatic heterocycles. The van der Waals surface area contributed by atoms with Gasteiger partial charge in [0.2, 0.25) is 0 Å². The molecule has 0 saturated heterocycles. The predicted molar refractivity (Wildman–Crippen MR) is 51.3 cm³/mol. The Morgan fingerprint density at radius 1 is 1.41 bits per heavy atom. The van der Waals surface area contributed by atoms with Crippen LogP contribution in [0, 0.1) is 0 Å². The number of nitrogens with zero attached hydrogens (tertiary/aromatic N) is 1. The lowest BCUT2D eigenvalue weighted by Gasteiger charge is -2.07. The molecule has 8 heteroatoms. The van der Waals surface area contributed by atoms with Crippen molar-refractivity contribution in [2.75, 3.05) is 13.7 Å². The van der Waals surface area contributed by atoms with Gasteiger partial charge in [-0.2, -0.15) is 13.2 Å². The number of rotatable bonds is 5. The van der Waals surface area contributed by atoms with Crippen LogP contribution in [0.1, 0.15) is 11.5 Å². The molecule has 0 aliphatic rings. The lowest BCUT2D eigenvalue weighted by atomic mass is 10.4. The maximum Gasteiger partial charge on any atom is 0.411 e. The highest BCUT2D eigenvalue weighted by molar-refractivity contribution is 5.01. The Bertz CT molecular complexity index is 417. The van der Waals surface area contributed by atoms with Crippen LogP contribution in [0.2, 0.25) is 0 Å². The van der Waals surface area contributed by atoms with Crippen molar-refractivity contribution in [1.29, 1.82) is 0 Å². The Kier molecular flexibility index (Phi) is 4.64. The number of halogens is 3. The summed E-state index contributed by atoms with van der Waals surface area (Å²) in [5.41, 5.74) is -0.125. The molecule has 0 spiro atoms. The fraction of sp³-hybridized carbons (Fsp3) is 0.556. The molecule has 1 aromatic rings. The first kappa shape index (κ1) is 13.7. The van der Waals surface area contributed by atoms with Crippen LogP contribution in [0.4, 0.5) is 13.2 Å². The molecular weight excluding hydrogens is 241 g/mol. The Balaban J connectivity index is 2.62. The number of alkyl halides is 3. The normalized spacial score (nSPS) is 11.8. The first-order valence-corrected chi connectivity index (χ1v) is 4.63. The molecular formula is C9H11F3N2O3. The number of methoxy groups -OCH3 is 1. The molecule has 0 unspecified atom stereocenters. The summed E-state index contributed by atoms with van der Waals surface area (Å²) in [5, 5.41) is 0. The fourth-order valence-corrected chi connectivity index (χ4v) is 1.12. The summed E-state index contributed by atoms with van der Waals surface area (Å²) in [7, 11) is 1.42. The summed E-state index contributed by atoms with van der Waals surface area (Å²) in [4.78, 5) is 17.3. The highest BCUT2D eigenvalue weighted by Gasteiger charge is 2.27. The van der Waals surface area contributed by atoms with E-state index >= 15 is 0 Å². The Labute approximate surface area is 94.6 Å². The van der Waals surface area contributed by atoms with Crippen molar-refractivity contribution in [3.05, 3.63) is 27.9 Å². The van der Waals surface area contributed by atoms with Crippen molar-refractivity contribution in [2.45, 2.75) is 19.4 Å². The number of aromatic nitrogens is 2. The molecule has 1 N–H and O–H groups in total. The van der Waals surface area contributed by atoms with Gasteiger partial charge < -0.3 is 14.5 Å². The average Bonchev–Trinajstić information content (AvgIpc) is 2.15. The number of ether oxygens (including phenoxy) is 2. The van der Waals surface area contributed by atoms with E-state index in [0.29, 0.717) is 5.69 Å². The van der Waals surface area contributed by atoms with Crippen molar-refractivity contribution in [3.63, 3.8) is 0 Å². The van der Waals surface area contributed by atoms with Gasteiger partial charge in [-0.1, -0.05) is 0 Å². The van der Waals surface area contributed by atoms with Gasteiger partial charge >= 0.3 is 6.18 Å². The van der Waals surface area contributed by atoms with Gasteiger partial charge in [0.05, 0.1) is 12.3 Å². The van der Waals surface area contributed by atoms with Gasteiger partial charge in [-0.3, -0.25) is 4.79 Å². The molecule has 0 amide bonds. The molecule has 0 saturated carbocycles. The van der Waals surface area contributed by atoms with Crippen LogP contribution in [-0.4, -0.2) is 29.9 Å². The zero-order chi connectivity index (χ0) is 12.9. The molecule has 17 heavy (non-hydrogen) atoms. The van der Waals surface area contributed by atoms with Gasteiger partial charge in [-0.25, -0.2) is 4.98 Å². The standard InChI is InChI=1S/C9H11F3N2O3/c1-16-3-6-2-8(15)14-7(13-6)4-17-5-9(10,11)12/h2H,3-5H2,1H3,(H,13,14,15). The second-order valence-corrected chi connectivity index (χ2v) is 3.22.